The third-order valence-electron chi connectivity index (χ3n) is 2.98. The molecule has 0 aliphatic carbocycles. The van der Waals surface area contributed by atoms with Crippen LogP contribution in [-0.4, -0.2) is 24.1 Å². The normalized spacial score (nSPS) is 11.5. The van der Waals surface area contributed by atoms with Crippen LogP contribution in [0.25, 0.3) is 0 Å². The van der Waals surface area contributed by atoms with Crippen LogP contribution in [0.3, 0.4) is 0 Å². The van der Waals surface area contributed by atoms with Crippen molar-refractivity contribution in [1.29, 1.82) is 0 Å². The minimum atomic E-state index is -0.511. The van der Waals surface area contributed by atoms with Crippen LogP contribution < -0.4 is 17.0 Å². The highest BCUT2D eigenvalue weighted by Gasteiger charge is 2.34. The van der Waals surface area contributed by atoms with E-state index >= 15 is 0 Å². The van der Waals surface area contributed by atoms with Crippen molar-refractivity contribution < 1.29 is 17.0 Å². The van der Waals surface area contributed by atoms with Gasteiger partial charge < -0.3 is 17.0 Å². The Morgan fingerprint density at radius 1 is 0.909 bits per heavy atom. The van der Waals surface area contributed by atoms with Gasteiger partial charge in [0.1, 0.15) is 0 Å². The Bertz CT molecular complexity index is 79.3. The van der Waals surface area contributed by atoms with Crippen molar-refractivity contribution in [1.82, 2.24) is 0 Å². The first kappa shape index (κ1) is 14.4. The van der Waals surface area contributed by atoms with Crippen molar-refractivity contribution in [2.75, 3.05) is 18.5 Å². The van der Waals surface area contributed by atoms with Gasteiger partial charge in [-0.15, -0.1) is 0 Å². The quantitative estimate of drug-likeness (QED) is 0.628. The first-order valence-electron chi connectivity index (χ1n) is 4.48. The smallest absolute Gasteiger partial charge is 0.0641 e. The van der Waals surface area contributed by atoms with E-state index in [-0.39, 0.29) is 17.0 Å². The summed E-state index contributed by atoms with van der Waals surface area (Å²) in [5.74, 6) is 0. The van der Waals surface area contributed by atoms with E-state index < -0.39 is 7.26 Å². The van der Waals surface area contributed by atoms with E-state index in [1.807, 2.05) is 0 Å². The van der Waals surface area contributed by atoms with Gasteiger partial charge in [-0.2, -0.15) is 0 Å². The molecule has 0 nitrogen and oxygen atoms in total. The fraction of sp³-hybridized carbons (Fsp3) is 1.00. The van der Waals surface area contributed by atoms with E-state index in [0.717, 1.165) is 5.66 Å². The zero-order valence-corrected chi connectivity index (χ0v) is 11.0. The SMILES string of the molecule is CC[P+](CC)(CC)C(C)C.[Br-]. The minimum Gasteiger partial charge on any atom is -1.00 e. The van der Waals surface area contributed by atoms with E-state index in [0.29, 0.717) is 0 Å². The van der Waals surface area contributed by atoms with Crippen molar-refractivity contribution in [3.05, 3.63) is 0 Å². The molecule has 0 aliphatic rings. The van der Waals surface area contributed by atoms with Crippen molar-refractivity contribution in [2.45, 2.75) is 40.3 Å². The maximum absolute atomic E-state index is 2.39. The molecule has 0 N–H and O–H groups in total. The average Bonchev–Trinajstić information content (AvgIpc) is 1.92. The average molecular weight is 241 g/mol. The van der Waals surface area contributed by atoms with Gasteiger partial charge in [0.05, 0.1) is 24.1 Å². The first-order valence-corrected chi connectivity index (χ1v) is 6.90. The third-order valence-corrected chi connectivity index (χ3v) is 8.95. The van der Waals surface area contributed by atoms with E-state index in [2.05, 4.69) is 34.6 Å². The Morgan fingerprint density at radius 2 is 1.18 bits per heavy atom. The van der Waals surface area contributed by atoms with Crippen molar-refractivity contribution in [3.8, 4) is 0 Å². The highest BCUT2D eigenvalue weighted by Crippen LogP contribution is 2.61. The summed E-state index contributed by atoms with van der Waals surface area (Å²) in [4.78, 5) is 0. The van der Waals surface area contributed by atoms with Crippen LogP contribution in [0.5, 0.6) is 0 Å². The molecule has 2 heteroatoms. The second-order valence-corrected chi connectivity index (χ2v) is 8.63. The Hall–Kier alpha value is 0.910. The van der Waals surface area contributed by atoms with E-state index in [4.69, 9.17) is 0 Å². The van der Waals surface area contributed by atoms with Crippen molar-refractivity contribution in [3.63, 3.8) is 0 Å². The lowest BCUT2D eigenvalue weighted by molar-refractivity contribution is -0.00000248. The second-order valence-electron chi connectivity index (χ2n) is 3.26. The van der Waals surface area contributed by atoms with Crippen LogP contribution in [0.4, 0.5) is 0 Å². The maximum atomic E-state index is 2.39. The molecule has 0 aromatic carbocycles. The summed E-state index contributed by atoms with van der Waals surface area (Å²) in [5, 5.41) is 0. The summed E-state index contributed by atoms with van der Waals surface area (Å²) < 4.78 is 0. The molecule has 0 saturated heterocycles. The molecule has 70 valence electrons. The first-order chi connectivity index (χ1) is 4.63. The molecule has 0 radical (unpaired) electrons. The summed E-state index contributed by atoms with van der Waals surface area (Å²) in [6.45, 7) is 11.9. The van der Waals surface area contributed by atoms with Crippen LogP contribution >= 0.6 is 7.26 Å². The molecular weight excluding hydrogens is 219 g/mol. The fourth-order valence-corrected chi connectivity index (χ4v) is 5.30. The number of hydrogen-bond donors (Lipinski definition) is 0. The monoisotopic (exact) mass is 240 g/mol. The number of hydrogen-bond acceptors (Lipinski definition) is 0. The molecule has 0 heterocycles. The molecule has 0 saturated carbocycles. The van der Waals surface area contributed by atoms with Gasteiger partial charge in [-0.25, -0.2) is 0 Å². The van der Waals surface area contributed by atoms with Gasteiger partial charge in [-0.3, -0.25) is 0 Å². The third kappa shape index (κ3) is 3.42. The van der Waals surface area contributed by atoms with Crippen molar-refractivity contribution in [2.24, 2.45) is 0 Å². The number of halogens is 1. The van der Waals surface area contributed by atoms with Gasteiger partial charge in [-0.05, 0) is 34.6 Å². The Kier molecular flexibility index (Phi) is 8.44. The molecule has 0 spiro atoms. The van der Waals surface area contributed by atoms with Gasteiger partial charge in [0.2, 0.25) is 0 Å². The van der Waals surface area contributed by atoms with Gasteiger partial charge in [-0.1, -0.05) is 0 Å². The molecule has 0 amide bonds. The summed E-state index contributed by atoms with van der Waals surface area (Å²) in [6, 6.07) is 0. The maximum Gasteiger partial charge on any atom is 0.0641 e. The van der Waals surface area contributed by atoms with Gasteiger partial charge >= 0.3 is 0 Å². The molecule has 0 fully saturated rings. The molecule has 0 atom stereocenters. The molecule has 0 rings (SSSR count). The van der Waals surface area contributed by atoms with E-state index in [1.54, 1.807) is 0 Å². The summed E-state index contributed by atoms with van der Waals surface area (Å²) in [7, 11) is -0.511. The van der Waals surface area contributed by atoms with Crippen LogP contribution in [0.1, 0.15) is 34.6 Å². The summed E-state index contributed by atoms with van der Waals surface area (Å²) in [5.41, 5.74) is 0.951. The lowest BCUT2D eigenvalue weighted by atomic mass is 10.6. The summed E-state index contributed by atoms with van der Waals surface area (Å²) in [6.07, 6.45) is 4.33. The Balaban J connectivity index is 0. The topological polar surface area (TPSA) is 0 Å². The van der Waals surface area contributed by atoms with Crippen molar-refractivity contribution >= 4 is 7.26 Å². The van der Waals surface area contributed by atoms with E-state index in [9.17, 15) is 0 Å². The fourth-order valence-electron chi connectivity index (χ4n) is 1.77. The predicted octanol–water partition coefficient (Wildman–Crippen LogP) is 0.476. The minimum absolute atomic E-state index is 0. The Morgan fingerprint density at radius 3 is 1.18 bits per heavy atom. The highest BCUT2D eigenvalue weighted by molar-refractivity contribution is 7.76. The molecular formula is C9H22BrP. The lowest BCUT2D eigenvalue weighted by Crippen LogP contribution is -3.00. The number of rotatable bonds is 4. The standard InChI is InChI=1S/C9H22P.BrH/c1-6-10(7-2,8-3)9(4)5;/h9H,6-8H2,1-5H3;1H/q+1;/p-1. The van der Waals surface area contributed by atoms with Crippen LogP contribution in [0.2, 0.25) is 0 Å². The molecule has 0 unspecified atom stereocenters. The largest absolute Gasteiger partial charge is 1.00 e. The Labute approximate surface area is 83.3 Å². The molecule has 0 bridgehead atoms. The highest BCUT2D eigenvalue weighted by atomic mass is 79.9. The lowest BCUT2D eigenvalue weighted by Gasteiger charge is -2.27. The molecule has 0 aliphatic heterocycles. The van der Waals surface area contributed by atoms with E-state index in [1.165, 1.54) is 18.5 Å². The molecule has 0 aromatic rings. The summed E-state index contributed by atoms with van der Waals surface area (Å²) >= 11 is 0. The molecule has 0 aromatic heterocycles. The molecule has 11 heavy (non-hydrogen) atoms. The van der Waals surface area contributed by atoms with Gasteiger partial charge in [0, 0.05) is 7.26 Å². The van der Waals surface area contributed by atoms with Crippen LogP contribution in [0.15, 0.2) is 0 Å². The van der Waals surface area contributed by atoms with Crippen LogP contribution in [-0.2, 0) is 0 Å². The van der Waals surface area contributed by atoms with Gasteiger partial charge in [0.15, 0.2) is 0 Å². The van der Waals surface area contributed by atoms with Crippen LogP contribution in [0, 0.1) is 0 Å². The second kappa shape index (κ2) is 6.43. The predicted molar refractivity (Wildman–Crippen MR) is 53.7 cm³/mol. The zero-order chi connectivity index (χ0) is 8.20. The van der Waals surface area contributed by atoms with Gasteiger partial charge in [0.25, 0.3) is 0 Å². The zero-order valence-electron chi connectivity index (χ0n) is 8.52.